The first-order valence-corrected chi connectivity index (χ1v) is 28.1. The van der Waals surface area contributed by atoms with Crippen molar-refractivity contribution in [2.45, 2.75) is 277 Å². The minimum Gasteiger partial charge on any atom is -0.462 e. The van der Waals surface area contributed by atoms with Gasteiger partial charge in [-0.2, -0.15) is 0 Å². The van der Waals surface area contributed by atoms with E-state index in [-0.39, 0.29) is 25.2 Å². The van der Waals surface area contributed by atoms with Crippen LogP contribution in [-0.2, 0) is 19.1 Å². The van der Waals surface area contributed by atoms with Gasteiger partial charge in [0.05, 0.1) is 6.61 Å². The largest absolute Gasteiger partial charge is 0.462 e. The fourth-order valence-electron chi connectivity index (χ4n) is 7.97. The van der Waals surface area contributed by atoms with Crippen molar-refractivity contribution in [2.24, 2.45) is 0 Å². The quantitative estimate of drug-likeness (QED) is 0.0374. The number of aliphatic hydroxyl groups is 1. The van der Waals surface area contributed by atoms with Crippen LogP contribution in [0, 0.1) is 0 Å². The summed E-state index contributed by atoms with van der Waals surface area (Å²) < 4.78 is 10.7. The molecule has 0 aromatic heterocycles. The zero-order valence-electron chi connectivity index (χ0n) is 43.4. The van der Waals surface area contributed by atoms with E-state index in [9.17, 15) is 14.7 Å². The predicted octanol–water partition coefficient (Wildman–Crippen LogP) is 19.0. The summed E-state index contributed by atoms with van der Waals surface area (Å²) in [6.07, 6.45) is 78.3. The Morgan fingerprint density at radius 3 is 0.985 bits per heavy atom. The summed E-state index contributed by atoms with van der Waals surface area (Å²) in [6, 6.07) is 0. The van der Waals surface area contributed by atoms with Crippen LogP contribution in [0.5, 0.6) is 0 Å². The summed E-state index contributed by atoms with van der Waals surface area (Å²) in [6.45, 7) is 4.03. The Labute approximate surface area is 409 Å². The Kier molecular flexibility index (Phi) is 53.9. The molecule has 0 amide bonds. The standard InChI is InChI=1S/C61H106O5/c1-3-5-7-9-11-13-15-17-19-21-23-25-27-29-30-32-34-36-38-40-42-44-46-48-50-52-54-56-61(64)66-59(57-62)58-65-60(63)55-53-51-49-47-45-43-41-39-37-35-33-31-28-26-24-22-20-18-16-14-12-10-8-6-4-2/h5,7,11,13,16-19,22-25,28,31,59,62H,3-4,6,8-10,12,14-15,20-21,26-27,29-30,32-58H2,1-2H3/b7-5-,13-11-,18-16-,19-17-,24-22-,25-23-,31-28-. The molecule has 380 valence electrons. The molecule has 1 unspecified atom stereocenters. The van der Waals surface area contributed by atoms with Crippen molar-refractivity contribution < 1.29 is 24.2 Å². The maximum Gasteiger partial charge on any atom is 0.306 e. The molecule has 1 atom stereocenters. The van der Waals surface area contributed by atoms with Gasteiger partial charge in [-0.1, -0.05) is 253 Å². The van der Waals surface area contributed by atoms with Gasteiger partial charge in [0.2, 0.25) is 0 Å². The van der Waals surface area contributed by atoms with Crippen molar-refractivity contribution in [3.05, 3.63) is 85.1 Å². The van der Waals surface area contributed by atoms with E-state index in [0.29, 0.717) is 12.8 Å². The van der Waals surface area contributed by atoms with Gasteiger partial charge in [-0.15, -0.1) is 0 Å². The first kappa shape index (κ1) is 63.1. The first-order chi connectivity index (χ1) is 32.6. The molecule has 0 fully saturated rings. The van der Waals surface area contributed by atoms with Gasteiger partial charge in [0.25, 0.3) is 0 Å². The molecule has 0 aliphatic rings. The van der Waals surface area contributed by atoms with Gasteiger partial charge < -0.3 is 14.6 Å². The summed E-state index contributed by atoms with van der Waals surface area (Å²) in [4.78, 5) is 24.5. The molecule has 0 aliphatic heterocycles. The third-order valence-electron chi connectivity index (χ3n) is 12.2. The Morgan fingerprint density at radius 1 is 0.364 bits per heavy atom. The molecule has 0 bridgehead atoms. The van der Waals surface area contributed by atoms with Gasteiger partial charge in [-0.05, 0) is 89.9 Å². The molecule has 0 aromatic rings. The maximum atomic E-state index is 12.3. The van der Waals surface area contributed by atoms with Gasteiger partial charge in [-0.3, -0.25) is 9.59 Å². The number of allylic oxidation sites excluding steroid dienone is 14. The smallest absolute Gasteiger partial charge is 0.306 e. The number of ether oxygens (including phenoxy) is 2. The van der Waals surface area contributed by atoms with Crippen molar-refractivity contribution in [2.75, 3.05) is 13.2 Å². The van der Waals surface area contributed by atoms with Gasteiger partial charge >= 0.3 is 11.9 Å². The zero-order chi connectivity index (χ0) is 47.7. The van der Waals surface area contributed by atoms with Crippen LogP contribution in [0.15, 0.2) is 85.1 Å². The zero-order valence-corrected chi connectivity index (χ0v) is 43.4. The van der Waals surface area contributed by atoms with E-state index in [1.807, 2.05) is 0 Å². The minimum absolute atomic E-state index is 0.0700. The van der Waals surface area contributed by atoms with Crippen molar-refractivity contribution in [1.29, 1.82) is 0 Å². The van der Waals surface area contributed by atoms with E-state index in [4.69, 9.17) is 9.47 Å². The van der Waals surface area contributed by atoms with Crippen LogP contribution in [0.1, 0.15) is 271 Å². The van der Waals surface area contributed by atoms with Crippen molar-refractivity contribution in [3.63, 3.8) is 0 Å². The highest BCUT2D eigenvalue weighted by Gasteiger charge is 2.16. The first-order valence-electron chi connectivity index (χ1n) is 28.1. The minimum atomic E-state index is -0.779. The van der Waals surface area contributed by atoms with E-state index in [0.717, 1.165) is 77.0 Å². The highest BCUT2D eigenvalue weighted by Crippen LogP contribution is 2.16. The molecule has 0 aliphatic carbocycles. The number of rotatable bonds is 51. The predicted molar refractivity (Wildman–Crippen MR) is 288 cm³/mol. The highest BCUT2D eigenvalue weighted by atomic mass is 16.6. The molecule has 5 nitrogen and oxygen atoms in total. The second kappa shape index (κ2) is 56.4. The van der Waals surface area contributed by atoms with E-state index in [2.05, 4.69) is 98.9 Å². The fourth-order valence-corrected chi connectivity index (χ4v) is 7.97. The fraction of sp³-hybridized carbons (Fsp3) is 0.738. The Bertz CT molecular complexity index is 1220. The third-order valence-corrected chi connectivity index (χ3v) is 12.2. The lowest BCUT2D eigenvalue weighted by molar-refractivity contribution is -0.161. The lowest BCUT2D eigenvalue weighted by atomic mass is 10.0. The van der Waals surface area contributed by atoms with E-state index in [1.54, 1.807) is 0 Å². The third kappa shape index (κ3) is 53.7. The number of hydrogen-bond acceptors (Lipinski definition) is 5. The molecular weight excluding hydrogens is 813 g/mol. The van der Waals surface area contributed by atoms with Gasteiger partial charge in [0.1, 0.15) is 6.61 Å². The summed E-state index contributed by atoms with van der Waals surface area (Å²) in [5, 5.41) is 9.66. The molecule has 0 spiro atoms. The van der Waals surface area contributed by atoms with Crippen molar-refractivity contribution in [1.82, 2.24) is 0 Å². The number of carbonyl (C=O) groups excluding carboxylic acids is 2. The van der Waals surface area contributed by atoms with Crippen molar-refractivity contribution >= 4 is 11.9 Å². The van der Waals surface area contributed by atoms with Gasteiger partial charge in [0, 0.05) is 12.8 Å². The molecule has 1 N–H and O–H groups in total. The molecule has 5 heteroatoms. The lowest BCUT2D eigenvalue weighted by Gasteiger charge is -2.15. The Hall–Kier alpha value is -2.92. The van der Waals surface area contributed by atoms with Crippen LogP contribution in [0.25, 0.3) is 0 Å². The van der Waals surface area contributed by atoms with Gasteiger partial charge in [-0.25, -0.2) is 0 Å². The maximum absolute atomic E-state index is 12.3. The Balaban J connectivity index is 3.50. The second-order valence-corrected chi connectivity index (χ2v) is 18.6. The van der Waals surface area contributed by atoms with Crippen LogP contribution in [0.4, 0.5) is 0 Å². The second-order valence-electron chi connectivity index (χ2n) is 18.6. The monoisotopic (exact) mass is 919 g/mol. The molecule has 66 heavy (non-hydrogen) atoms. The molecule has 0 heterocycles. The highest BCUT2D eigenvalue weighted by molar-refractivity contribution is 5.70. The topological polar surface area (TPSA) is 72.8 Å². The number of esters is 2. The molecule has 0 rings (SSSR count). The lowest BCUT2D eigenvalue weighted by Crippen LogP contribution is -2.28. The molecular formula is C61H106O5. The van der Waals surface area contributed by atoms with Crippen molar-refractivity contribution in [3.8, 4) is 0 Å². The summed E-state index contributed by atoms with van der Waals surface area (Å²) in [5.41, 5.74) is 0. The van der Waals surface area contributed by atoms with E-state index in [1.165, 1.54) is 167 Å². The average Bonchev–Trinajstić information content (AvgIpc) is 3.32. The number of hydrogen-bond donors (Lipinski definition) is 1. The van der Waals surface area contributed by atoms with E-state index >= 15 is 0 Å². The number of unbranched alkanes of at least 4 members (excludes halogenated alkanes) is 29. The van der Waals surface area contributed by atoms with Crippen LogP contribution < -0.4 is 0 Å². The molecule has 0 radical (unpaired) electrons. The van der Waals surface area contributed by atoms with E-state index < -0.39 is 6.10 Å². The van der Waals surface area contributed by atoms with Crippen LogP contribution in [0.3, 0.4) is 0 Å². The molecule has 0 aromatic carbocycles. The summed E-state index contributed by atoms with van der Waals surface area (Å²) in [7, 11) is 0. The summed E-state index contributed by atoms with van der Waals surface area (Å²) in [5.74, 6) is -0.591. The average molecular weight is 920 g/mol. The Morgan fingerprint density at radius 2 is 0.652 bits per heavy atom. The van der Waals surface area contributed by atoms with Crippen LogP contribution >= 0.6 is 0 Å². The molecule has 0 saturated carbocycles. The normalized spacial score (nSPS) is 12.8. The van der Waals surface area contributed by atoms with Crippen LogP contribution in [0.2, 0.25) is 0 Å². The number of carbonyl (C=O) groups is 2. The molecule has 0 saturated heterocycles. The summed E-state index contributed by atoms with van der Waals surface area (Å²) >= 11 is 0. The number of aliphatic hydroxyl groups excluding tert-OH is 1. The SMILES string of the molecule is CC/C=C\C/C=C\C/C=C\C/C=C\CCCCCCCCCCCCCCCCC(=O)OC(CO)COC(=O)CCCCCCCCCCCC/C=C\C/C=C\C/C=C\CCCCCCC. The van der Waals surface area contributed by atoms with Gasteiger partial charge in [0.15, 0.2) is 6.10 Å². The van der Waals surface area contributed by atoms with Crippen LogP contribution in [-0.4, -0.2) is 36.4 Å².